The van der Waals surface area contributed by atoms with Gasteiger partial charge in [-0.05, 0) is 74.7 Å². The summed E-state index contributed by atoms with van der Waals surface area (Å²) in [4.78, 5) is 12.3. The second-order valence-electron chi connectivity index (χ2n) is 10.3. The summed E-state index contributed by atoms with van der Waals surface area (Å²) in [7, 11) is 2.24. The average Bonchev–Trinajstić information content (AvgIpc) is 3.25. The summed E-state index contributed by atoms with van der Waals surface area (Å²) in [5.74, 6) is 1.80. The van der Waals surface area contributed by atoms with Crippen LogP contribution in [0.3, 0.4) is 0 Å². The van der Waals surface area contributed by atoms with Crippen LogP contribution in [0.4, 0.5) is 11.9 Å². The van der Waals surface area contributed by atoms with Gasteiger partial charge in [0.05, 0.1) is 6.20 Å². The van der Waals surface area contributed by atoms with Gasteiger partial charge in [0.15, 0.2) is 5.65 Å². The molecule has 0 amide bonds. The summed E-state index contributed by atoms with van der Waals surface area (Å²) in [5, 5.41) is 11.9. The van der Waals surface area contributed by atoms with Crippen molar-refractivity contribution in [1.29, 1.82) is 0 Å². The van der Waals surface area contributed by atoms with E-state index in [4.69, 9.17) is 9.97 Å². The van der Waals surface area contributed by atoms with Crippen LogP contribution in [0.2, 0.25) is 0 Å². The van der Waals surface area contributed by atoms with E-state index in [1.54, 1.807) is 0 Å². The van der Waals surface area contributed by atoms with Crippen molar-refractivity contribution in [3.8, 4) is 0 Å². The third kappa shape index (κ3) is 4.69. The fourth-order valence-electron chi connectivity index (χ4n) is 5.33. The zero-order chi connectivity index (χ0) is 22.8. The molecule has 1 spiro atoms. The number of nitrogens with one attached hydrogen (secondary N) is 2. The number of aryl methyl sites for hydroxylation is 1. The van der Waals surface area contributed by atoms with E-state index in [0.29, 0.717) is 17.3 Å². The van der Waals surface area contributed by atoms with Gasteiger partial charge in [-0.15, -0.1) is 0 Å². The molecule has 5 rings (SSSR count). The molecule has 1 aromatic carbocycles. The van der Waals surface area contributed by atoms with Crippen molar-refractivity contribution < 1.29 is 0 Å². The number of hydrogen-bond acceptors (Lipinski definition) is 6. The Bertz CT molecular complexity index is 1100. The van der Waals surface area contributed by atoms with Gasteiger partial charge in [0, 0.05) is 18.7 Å². The lowest BCUT2D eigenvalue weighted by molar-refractivity contribution is 0.120. The highest BCUT2D eigenvalue weighted by molar-refractivity contribution is 5.56. The Morgan fingerprint density at radius 1 is 0.970 bits per heavy atom. The van der Waals surface area contributed by atoms with Crippen LogP contribution < -0.4 is 10.6 Å². The van der Waals surface area contributed by atoms with Crippen LogP contribution in [0.1, 0.15) is 68.6 Å². The van der Waals surface area contributed by atoms with E-state index in [2.05, 4.69) is 65.8 Å². The standard InChI is InChI=1S/C26H37N7/c1-19(2)22-17-29-33-23(22)30-24-28-18-26(12-14-32(3)15-13-26)11-7-6-9-20-8-4-5-10-21(20)16-27-25(33)31-24/h4-5,8,10,17,19H,6-7,9,11-16,18H2,1-3H3,(H2,27,28,30,31). The highest BCUT2D eigenvalue weighted by Crippen LogP contribution is 2.37. The maximum atomic E-state index is 4.92. The van der Waals surface area contributed by atoms with Gasteiger partial charge < -0.3 is 15.5 Å². The molecule has 0 saturated carbocycles. The van der Waals surface area contributed by atoms with Gasteiger partial charge in [-0.1, -0.05) is 44.5 Å². The maximum absolute atomic E-state index is 4.92. The maximum Gasteiger partial charge on any atom is 0.229 e. The summed E-state index contributed by atoms with van der Waals surface area (Å²) in [5.41, 5.74) is 5.12. The number of piperidine rings is 1. The molecule has 176 valence electrons. The van der Waals surface area contributed by atoms with Gasteiger partial charge in [-0.2, -0.15) is 19.6 Å². The predicted molar refractivity (Wildman–Crippen MR) is 134 cm³/mol. The van der Waals surface area contributed by atoms with Crippen molar-refractivity contribution in [3.63, 3.8) is 0 Å². The fraction of sp³-hybridized carbons (Fsp3) is 0.577. The third-order valence-electron chi connectivity index (χ3n) is 7.65. The summed E-state index contributed by atoms with van der Waals surface area (Å²) in [6.07, 6.45) is 9.27. The van der Waals surface area contributed by atoms with E-state index in [1.165, 1.54) is 43.2 Å². The Morgan fingerprint density at radius 3 is 2.55 bits per heavy atom. The summed E-state index contributed by atoms with van der Waals surface area (Å²) >= 11 is 0. The van der Waals surface area contributed by atoms with Crippen molar-refractivity contribution in [1.82, 2.24) is 24.5 Å². The van der Waals surface area contributed by atoms with Gasteiger partial charge in [-0.3, -0.25) is 0 Å². The molecule has 2 aliphatic rings. The van der Waals surface area contributed by atoms with E-state index < -0.39 is 0 Å². The fourth-order valence-corrected chi connectivity index (χ4v) is 5.33. The molecule has 2 bridgehead atoms. The minimum atomic E-state index is 0.306. The Morgan fingerprint density at radius 2 is 1.76 bits per heavy atom. The number of likely N-dealkylation sites (tertiary alicyclic amines) is 1. The van der Waals surface area contributed by atoms with Crippen molar-refractivity contribution in [3.05, 3.63) is 47.2 Å². The molecule has 2 aromatic heterocycles. The Kier molecular flexibility index (Phi) is 6.23. The van der Waals surface area contributed by atoms with E-state index >= 15 is 0 Å². The number of hydrogen-bond donors (Lipinski definition) is 2. The van der Waals surface area contributed by atoms with Gasteiger partial charge >= 0.3 is 0 Å². The van der Waals surface area contributed by atoms with Crippen LogP contribution in [0.15, 0.2) is 30.5 Å². The highest BCUT2D eigenvalue weighted by atomic mass is 15.4. The van der Waals surface area contributed by atoms with Crippen LogP contribution >= 0.6 is 0 Å². The second-order valence-corrected chi connectivity index (χ2v) is 10.3. The van der Waals surface area contributed by atoms with Crippen LogP contribution in [0.5, 0.6) is 0 Å². The van der Waals surface area contributed by atoms with Crippen molar-refractivity contribution in [2.75, 3.05) is 37.3 Å². The normalized spacial score (nSPS) is 19.6. The summed E-state index contributed by atoms with van der Waals surface area (Å²) in [6.45, 7) is 8.37. The van der Waals surface area contributed by atoms with Crippen LogP contribution in [0, 0.1) is 5.41 Å². The molecule has 0 atom stereocenters. The Labute approximate surface area is 197 Å². The van der Waals surface area contributed by atoms with Crippen molar-refractivity contribution in [2.24, 2.45) is 5.41 Å². The smallest absolute Gasteiger partial charge is 0.229 e. The van der Waals surface area contributed by atoms with Crippen LogP contribution in [-0.4, -0.2) is 51.2 Å². The minimum absolute atomic E-state index is 0.306. The molecule has 2 aliphatic heterocycles. The first-order chi connectivity index (χ1) is 16.0. The zero-order valence-corrected chi connectivity index (χ0v) is 20.3. The van der Waals surface area contributed by atoms with E-state index in [0.717, 1.165) is 49.8 Å². The molecule has 1 fully saturated rings. The van der Waals surface area contributed by atoms with Gasteiger partial charge in [-0.25, -0.2) is 0 Å². The highest BCUT2D eigenvalue weighted by Gasteiger charge is 2.33. The third-order valence-corrected chi connectivity index (χ3v) is 7.65. The van der Waals surface area contributed by atoms with E-state index in [9.17, 15) is 0 Å². The molecule has 7 nitrogen and oxygen atoms in total. The lowest BCUT2D eigenvalue weighted by Crippen LogP contribution is -2.42. The average molecular weight is 448 g/mol. The van der Waals surface area contributed by atoms with Crippen molar-refractivity contribution in [2.45, 2.75) is 64.8 Å². The molecule has 7 heteroatoms. The number of aromatic nitrogens is 4. The first-order valence-electron chi connectivity index (χ1n) is 12.5. The largest absolute Gasteiger partial charge is 0.354 e. The molecule has 0 aliphatic carbocycles. The molecule has 33 heavy (non-hydrogen) atoms. The second kappa shape index (κ2) is 9.29. The molecule has 1 saturated heterocycles. The van der Waals surface area contributed by atoms with E-state index in [1.807, 2.05) is 10.7 Å². The lowest BCUT2D eigenvalue weighted by atomic mass is 9.74. The first-order valence-corrected chi connectivity index (χ1v) is 12.5. The van der Waals surface area contributed by atoms with E-state index in [-0.39, 0.29) is 0 Å². The molecule has 3 aromatic rings. The number of benzene rings is 1. The predicted octanol–water partition coefficient (Wildman–Crippen LogP) is 4.71. The summed E-state index contributed by atoms with van der Waals surface area (Å²) < 4.78 is 1.86. The molecule has 2 N–H and O–H groups in total. The molecule has 0 unspecified atom stereocenters. The molecule has 4 heterocycles. The van der Waals surface area contributed by atoms with Gasteiger partial charge in [0.2, 0.25) is 11.9 Å². The molecular formula is C26H37N7. The van der Waals surface area contributed by atoms with Crippen LogP contribution in [0.25, 0.3) is 5.65 Å². The molecular weight excluding hydrogens is 410 g/mol. The topological polar surface area (TPSA) is 70.4 Å². The number of fused-ring (bicyclic) bond motifs is 5. The zero-order valence-electron chi connectivity index (χ0n) is 20.3. The Balaban J connectivity index is 1.53. The minimum Gasteiger partial charge on any atom is -0.354 e. The quantitative estimate of drug-likeness (QED) is 0.563. The Hall–Kier alpha value is -2.67. The van der Waals surface area contributed by atoms with Gasteiger partial charge in [0.25, 0.3) is 0 Å². The SMILES string of the molecule is CC(C)c1cnn2c3nc(nc12)NCC1(CCCCc2ccccc2CN3)CCN(C)CC1. The number of rotatable bonds is 1. The first kappa shape index (κ1) is 22.1. The monoisotopic (exact) mass is 447 g/mol. The molecule has 0 radical (unpaired) electrons. The lowest BCUT2D eigenvalue weighted by Gasteiger charge is -2.41. The van der Waals surface area contributed by atoms with Gasteiger partial charge in [0.1, 0.15) is 0 Å². The number of nitrogens with zero attached hydrogens (tertiary/aromatic N) is 5. The number of anilines is 2. The van der Waals surface area contributed by atoms with Crippen molar-refractivity contribution >= 4 is 17.5 Å². The van der Waals surface area contributed by atoms with Crippen LogP contribution in [-0.2, 0) is 13.0 Å². The summed E-state index contributed by atoms with van der Waals surface area (Å²) in [6, 6.07) is 8.80.